The standard InChI is InChI=1S/C7H4ClNOS/c8-5-2-4-11-7(5)6-1-3-10-9-6/h1-4H. The average molecular weight is 186 g/mol. The molecule has 2 heterocycles. The van der Waals surface area contributed by atoms with E-state index in [1.54, 1.807) is 17.4 Å². The molecule has 4 heteroatoms. The van der Waals surface area contributed by atoms with E-state index in [-0.39, 0.29) is 0 Å². The third-order valence-electron chi connectivity index (χ3n) is 1.29. The van der Waals surface area contributed by atoms with Crippen molar-refractivity contribution in [1.29, 1.82) is 0 Å². The molecule has 56 valence electrons. The van der Waals surface area contributed by atoms with Crippen LogP contribution in [-0.4, -0.2) is 5.16 Å². The molecule has 0 spiro atoms. The van der Waals surface area contributed by atoms with E-state index < -0.39 is 0 Å². The highest BCUT2D eigenvalue weighted by atomic mass is 35.5. The second kappa shape index (κ2) is 2.68. The molecule has 0 fully saturated rings. The first-order chi connectivity index (χ1) is 5.38. The lowest BCUT2D eigenvalue weighted by atomic mass is 10.3. The van der Waals surface area contributed by atoms with Crippen LogP contribution in [0.1, 0.15) is 0 Å². The summed E-state index contributed by atoms with van der Waals surface area (Å²) in [6.45, 7) is 0. The van der Waals surface area contributed by atoms with Crippen LogP contribution >= 0.6 is 22.9 Å². The maximum Gasteiger partial charge on any atom is 0.125 e. The molecule has 0 bridgehead atoms. The van der Waals surface area contributed by atoms with Crippen LogP contribution in [-0.2, 0) is 0 Å². The van der Waals surface area contributed by atoms with Crippen molar-refractivity contribution in [2.75, 3.05) is 0 Å². The number of hydrogen-bond donors (Lipinski definition) is 0. The first-order valence-electron chi connectivity index (χ1n) is 3.01. The summed E-state index contributed by atoms with van der Waals surface area (Å²) >= 11 is 7.41. The Morgan fingerprint density at radius 2 is 2.36 bits per heavy atom. The predicted molar refractivity (Wildman–Crippen MR) is 44.8 cm³/mol. The van der Waals surface area contributed by atoms with E-state index in [1.807, 2.05) is 11.4 Å². The molecule has 11 heavy (non-hydrogen) atoms. The van der Waals surface area contributed by atoms with Crippen molar-refractivity contribution in [1.82, 2.24) is 5.16 Å². The zero-order valence-electron chi connectivity index (χ0n) is 5.45. The maximum atomic E-state index is 5.86. The Hall–Kier alpha value is -0.800. The SMILES string of the molecule is Clc1ccsc1-c1ccon1. The molecule has 2 aromatic heterocycles. The Morgan fingerprint density at radius 3 is 2.91 bits per heavy atom. The van der Waals surface area contributed by atoms with Crippen LogP contribution in [0, 0.1) is 0 Å². The summed E-state index contributed by atoms with van der Waals surface area (Å²) in [6.07, 6.45) is 1.53. The maximum absolute atomic E-state index is 5.86. The van der Waals surface area contributed by atoms with E-state index >= 15 is 0 Å². The Morgan fingerprint density at radius 1 is 1.45 bits per heavy atom. The van der Waals surface area contributed by atoms with Crippen LogP contribution in [0.5, 0.6) is 0 Å². The van der Waals surface area contributed by atoms with Gasteiger partial charge in [0.05, 0.1) is 9.90 Å². The monoisotopic (exact) mass is 185 g/mol. The highest BCUT2D eigenvalue weighted by Gasteiger charge is 2.06. The van der Waals surface area contributed by atoms with Crippen molar-refractivity contribution in [3.8, 4) is 10.6 Å². The topological polar surface area (TPSA) is 26.0 Å². The molecular formula is C7H4ClNOS. The molecule has 2 aromatic rings. The average Bonchev–Trinajstić information content (AvgIpc) is 2.55. The normalized spacial score (nSPS) is 10.3. The lowest BCUT2D eigenvalue weighted by molar-refractivity contribution is 0.422. The van der Waals surface area contributed by atoms with Gasteiger partial charge in [-0.25, -0.2) is 0 Å². The summed E-state index contributed by atoms with van der Waals surface area (Å²) < 4.78 is 4.69. The molecule has 0 N–H and O–H groups in total. The molecule has 0 aliphatic heterocycles. The van der Waals surface area contributed by atoms with E-state index in [9.17, 15) is 0 Å². The molecule has 0 aliphatic carbocycles. The van der Waals surface area contributed by atoms with Gasteiger partial charge < -0.3 is 4.52 Å². The van der Waals surface area contributed by atoms with Gasteiger partial charge >= 0.3 is 0 Å². The van der Waals surface area contributed by atoms with Crippen LogP contribution in [0.25, 0.3) is 10.6 Å². The number of thiophene rings is 1. The predicted octanol–water partition coefficient (Wildman–Crippen LogP) is 3.06. The molecule has 0 saturated heterocycles. The molecule has 2 nitrogen and oxygen atoms in total. The minimum absolute atomic E-state index is 0.726. The van der Waals surface area contributed by atoms with E-state index in [4.69, 9.17) is 16.1 Å². The fourth-order valence-electron chi connectivity index (χ4n) is 0.806. The number of aromatic nitrogens is 1. The van der Waals surface area contributed by atoms with Crippen LogP contribution < -0.4 is 0 Å². The number of nitrogens with zero attached hydrogens (tertiary/aromatic N) is 1. The van der Waals surface area contributed by atoms with Crippen LogP contribution in [0.3, 0.4) is 0 Å². The number of halogens is 1. The molecule has 0 unspecified atom stereocenters. The summed E-state index contributed by atoms with van der Waals surface area (Å²) in [5.74, 6) is 0. The summed E-state index contributed by atoms with van der Waals surface area (Å²) in [6, 6.07) is 3.63. The van der Waals surface area contributed by atoms with Gasteiger partial charge in [0, 0.05) is 6.07 Å². The molecule has 0 saturated carbocycles. The van der Waals surface area contributed by atoms with Crippen molar-refractivity contribution >= 4 is 22.9 Å². The van der Waals surface area contributed by atoms with Gasteiger partial charge in [-0.15, -0.1) is 11.3 Å². The minimum Gasteiger partial charge on any atom is -0.364 e. The summed E-state index contributed by atoms with van der Waals surface area (Å²) in [5.41, 5.74) is 0.796. The smallest absolute Gasteiger partial charge is 0.125 e. The number of rotatable bonds is 1. The minimum atomic E-state index is 0.726. The summed E-state index contributed by atoms with van der Waals surface area (Å²) in [4.78, 5) is 0.959. The molecule has 0 radical (unpaired) electrons. The van der Waals surface area contributed by atoms with Gasteiger partial charge in [-0.05, 0) is 11.4 Å². The lowest BCUT2D eigenvalue weighted by Crippen LogP contribution is -1.68. The Bertz CT molecular complexity index is 341. The third kappa shape index (κ3) is 1.17. The Labute approximate surface area is 72.4 Å². The first kappa shape index (κ1) is 6.88. The Balaban J connectivity index is 2.53. The lowest BCUT2D eigenvalue weighted by Gasteiger charge is -1.87. The van der Waals surface area contributed by atoms with Crippen molar-refractivity contribution in [3.63, 3.8) is 0 Å². The van der Waals surface area contributed by atoms with Crippen molar-refractivity contribution in [2.24, 2.45) is 0 Å². The molecule has 0 amide bonds. The van der Waals surface area contributed by atoms with E-state index in [1.165, 1.54) is 6.26 Å². The van der Waals surface area contributed by atoms with Gasteiger partial charge in [-0.1, -0.05) is 16.8 Å². The highest BCUT2D eigenvalue weighted by Crippen LogP contribution is 2.31. The van der Waals surface area contributed by atoms with Gasteiger partial charge in [-0.2, -0.15) is 0 Å². The second-order valence-corrected chi connectivity index (χ2v) is 3.31. The first-order valence-corrected chi connectivity index (χ1v) is 4.27. The third-order valence-corrected chi connectivity index (χ3v) is 2.65. The van der Waals surface area contributed by atoms with Crippen molar-refractivity contribution in [2.45, 2.75) is 0 Å². The second-order valence-electron chi connectivity index (χ2n) is 1.98. The fraction of sp³-hybridized carbons (Fsp3) is 0. The van der Waals surface area contributed by atoms with Crippen LogP contribution in [0.2, 0.25) is 5.02 Å². The quantitative estimate of drug-likeness (QED) is 0.683. The van der Waals surface area contributed by atoms with Gasteiger partial charge in [-0.3, -0.25) is 0 Å². The zero-order valence-corrected chi connectivity index (χ0v) is 7.02. The Kier molecular flexibility index (Phi) is 1.68. The molecular weight excluding hydrogens is 182 g/mol. The van der Waals surface area contributed by atoms with Crippen LogP contribution in [0.4, 0.5) is 0 Å². The summed E-state index contributed by atoms with van der Waals surface area (Å²) in [5, 5.41) is 6.42. The molecule has 2 rings (SSSR count). The van der Waals surface area contributed by atoms with Crippen LogP contribution in [0.15, 0.2) is 28.3 Å². The molecule has 0 aliphatic rings. The van der Waals surface area contributed by atoms with Gasteiger partial charge in [0.1, 0.15) is 12.0 Å². The molecule has 0 atom stereocenters. The van der Waals surface area contributed by atoms with E-state index in [0.29, 0.717) is 0 Å². The van der Waals surface area contributed by atoms with Crippen molar-refractivity contribution < 1.29 is 4.52 Å². The molecule has 0 aromatic carbocycles. The highest BCUT2D eigenvalue weighted by molar-refractivity contribution is 7.14. The summed E-state index contributed by atoms with van der Waals surface area (Å²) in [7, 11) is 0. The van der Waals surface area contributed by atoms with E-state index in [2.05, 4.69) is 5.16 Å². The van der Waals surface area contributed by atoms with Gasteiger partial charge in [0.25, 0.3) is 0 Å². The van der Waals surface area contributed by atoms with Crippen molar-refractivity contribution in [3.05, 3.63) is 28.8 Å². The largest absolute Gasteiger partial charge is 0.364 e. The fourth-order valence-corrected chi connectivity index (χ4v) is 1.92. The zero-order chi connectivity index (χ0) is 7.68. The van der Waals surface area contributed by atoms with E-state index in [0.717, 1.165) is 15.6 Å². The van der Waals surface area contributed by atoms with Gasteiger partial charge in [0.15, 0.2) is 0 Å². The van der Waals surface area contributed by atoms with Gasteiger partial charge in [0.2, 0.25) is 0 Å². The number of hydrogen-bond acceptors (Lipinski definition) is 3.